The van der Waals surface area contributed by atoms with Crippen molar-refractivity contribution in [2.75, 3.05) is 0 Å². The Labute approximate surface area is 140 Å². The van der Waals surface area contributed by atoms with Crippen LogP contribution in [0.5, 0.6) is 0 Å². The van der Waals surface area contributed by atoms with Crippen molar-refractivity contribution >= 4 is 0 Å². The fourth-order valence-electron chi connectivity index (χ4n) is 3.34. The lowest BCUT2D eigenvalue weighted by molar-refractivity contribution is 0.462. The summed E-state index contributed by atoms with van der Waals surface area (Å²) in [5.41, 5.74) is 4.21. The normalized spacial score (nSPS) is 14.0. The molecule has 0 aromatic heterocycles. The monoisotopic (exact) mass is 312 g/mol. The fourth-order valence-corrected chi connectivity index (χ4v) is 3.34. The maximum Gasteiger partial charge on any atom is 0.123 e. The van der Waals surface area contributed by atoms with Crippen LogP contribution in [0, 0.1) is 11.7 Å². The first-order valence-electron chi connectivity index (χ1n) is 8.86. The first kappa shape index (κ1) is 17.7. The van der Waals surface area contributed by atoms with Crippen LogP contribution in [0.2, 0.25) is 0 Å². The maximum atomic E-state index is 13.1. The molecule has 2 aromatic carbocycles. The molecule has 2 rings (SSSR count). The van der Waals surface area contributed by atoms with Crippen LogP contribution in [0.1, 0.15) is 69.1 Å². The van der Waals surface area contributed by atoms with Crippen molar-refractivity contribution in [1.29, 1.82) is 0 Å². The van der Waals surface area contributed by atoms with Crippen molar-refractivity contribution in [3.63, 3.8) is 0 Å². The maximum absolute atomic E-state index is 13.1. The van der Waals surface area contributed by atoms with Gasteiger partial charge in [0.05, 0.1) is 0 Å². The largest absolute Gasteiger partial charge is 0.207 e. The second kappa shape index (κ2) is 8.29. The molecule has 0 aliphatic heterocycles. The Bertz CT molecular complexity index is 598. The molecule has 0 N–H and O–H groups in total. The van der Waals surface area contributed by atoms with Gasteiger partial charge in [0.15, 0.2) is 0 Å². The predicted molar refractivity (Wildman–Crippen MR) is 97.4 cm³/mol. The topological polar surface area (TPSA) is 0 Å². The number of rotatable bonds is 7. The molecule has 1 heteroatoms. The Kier molecular flexibility index (Phi) is 6.38. The van der Waals surface area contributed by atoms with Gasteiger partial charge in [-0.05, 0) is 65.8 Å². The SMILES string of the molecule is CCC(C)c1ccccc1C(CCc1ccc(F)cc1)C(C)C. The molecular formula is C22H29F. The quantitative estimate of drug-likeness (QED) is 0.533. The van der Waals surface area contributed by atoms with Crippen LogP contribution in [-0.4, -0.2) is 0 Å². The summed E-state index contributed by atoms with van der Waals surface area (Å²) in [4.78, 5) is 0. The molecule has 0 saturated carbocycles. The van der Waals surface area contributed by atoms with E-state index in [1.165, 1.54) is 23.1 Å². The van der Waals surface area contributed by atoms with Gasteiger partial charge in [0.1, 0.15) is 5.82 Å². The molecule has 2 unspecified atom stereocenters. The van der Waals surface area contributed by atoms with Crippen LogP contribution in [-0.2, 0) is 6.42 Å². The summed E-state index contributed by atoms with van der Waals surface area (Å²) in [6.07, 6.45) is 3.27. The van der Waals surface area contributed by atoms with E-state index in [1.54, 1.807) is 12.1 Å². The molecule has 0 aliphatic carbocycles. The lowest BCUT2D eigenvalue weighted by atomic mass is 9.79. The Morgan fingerprint density at radius 3 is 2.04 bits per heavy atom. The van der Waals surface area contributed by atoms with Crippen molar-refractivity contribution in [1.82, 2.24) is 0 Å². The zero-order valence-electron chi connectivity index (χ0n) is 14.9. The summed E-state index contributed by atoms with van der Waals surface area (Å²) in [5, 5.41) is 0. The number of hydrogen-bond acceptors (Lipinski definition) is 0. The van der Waals surface area contributed by atoms with Crippen LogP contribution < -0.4 is 0 Å². The third-order valence-electron chi connectivity index (χ3n) is 5.00. The molecule has 0 nitrogen and oxygen atoms in total. The van der Waals surface area contributed by atoms with E-state index in [1.807, 2.05) is 12.1 Å². The van der Waals surface area contributed by atoms with Crippen molar-refractivity contribution in [3.05, 3.63) is 71.0 Å². The number of aryl methyl sites for hydroxylation is 1. The highest BCUT2D eigenvalue weighted by atomic mass is 19.1. The minimum Gasteiger partial charge on any atom is -0.207 e. The van der Waals surface area contributed by atoms with Gasteiger partial charge in [-0.2, -0.15) is 0 Å². The molecular weight excluding hydrogens is 283 g/mol. The van der Waals surface area contributed by atoms with Crippen LogP contribution in [0.15, 0.2) is 48.5 Å². The lowest BCUT2D eigenvalue weighted by Gasteiger charge is -2.26. The highest BCUT2D eigenvalue weighted by Gasteiger charge is 2.20. The average molecular weight is 312 g/mol. The smallest absolute Gasteiger partial charge is 0.123 e. The van der Waals surface area contributed by atoms with Gasteiger partial charge in [-0.3, -0.25) is 0 Å². The number of benzene rings is 2. The zero-order chi connectivity index (χ0) is 16.8. The van der Waals surface area contributed by atoms with Crippen molar-refractivity contribution < 1.29 is 4.39 Å². The van der Waals surface area contributed by atoms with E-state index in [-0.39, 0.29) is 5.82 Å². The summed E-state index contributed by atoms with van der Waals surface area (Å²) in [5.74, 6) is 1.58. The van der Waals surface area contributed by atoms with Crippen molar-refractivity contribution in [2.24, 2.45) is 5.92 Å². The molecule has 0 amide bonds. The van der Waals surface area contributed by atoms with Gasteiger partial charge in [0.25, 0.3) is 0 Å². The average Bonchev–Trinajstić information content (AvgIpc) is 2.56. The Hall–Kier alpha value is -1.63. The summed E-state index contributed by atoms with van der Waals surface area (Å²) in [6.45, 7) is 9.19. The van der Waals surface area contributed by atoms with E-state index in [0.717, 1.165) is 12.8 Å². The highest BCUT2D eigenvalue weighted by molar-refractivity contribution is 5.33. The molecule has 0 aliphatic rings. The van der Waals surface area contributed by atoms with Crippen LogP contribution in [0.3, 0.4) is 0 Å². The van der Waals surface area contributed by atoms with E-state index in [9.17, 15) is 4.39 Å². The molecule has 0 radical (unpaired) electrons. The zero-order valence-corrected chi connectivity index (χ0v) is 14.9. The molecule has 2 aromatic rings. The first-order chi connectivity index (χ1) is 11.0. The standard InChI is InChI=1S/C22H29F/c1-5-17(4)21-8-6-7-9-22(21)20(16(2)3)15-12-18-10-13-19(23)14-11-18/h6-11,13-14,16-17,20H,5,12,15H2,1-4H3. The van der Waals surface area contributed by atoms with Gasteiger partial charge in [-0.1, -0.05) is 64.1 Å². The van der Waals surface area contributed by atoms with Crippen molar-refractivity contribution in [2.45, 2.75) is 58.8 Å². The molecule has 124 valence electrons. The third-order valence-corrected chi connectivity index (χ3v) is 5.00. The molecule has 0 bridgehead atoms. The van der Waals surface area contributed by atoms with Gasteiger partial charge in [-0.25, -0.2) is 4.39 Å². The summed E-state index contributed by atoms with van der Waals surface area (Å²) < 4.78 is 13.1. The minimum absolute atomic E-state index is 0.156. The van der Waals surface area contributed by atoms with E-state index >= 15 is 0 Å². The second-order valence-electron chi connectivity index (χ2n) is 6.95. The molecule has 2 atom stereocenters. The van der Waals surface area contributed by atoms with Gasteiger partial charge < -0.3 is 0 Å². The summed E-state index contributed by atoms with van der Waals surface area (Å²) >= 11 is 0. The second-order valence-corrected chi connectivity index (χ2v) is 6.95. The van der Waals surface area contributed by atoms with E-state index in [4.69, 9.17) is 0 Å². The van der Waals surface area contributed by atoms with E-state index < -0.39 is 0 Å². The number of halogens is 1. The third kappa shape index (κ3) is 4.67. The Morgan fingerprint density at radius 2 is 1.48 bits per heavy atom. The van der Waals surface area contributed by atoms with Gasteiger partial charge in [0.2, 0.25) is 0 Å². The van der Waals surface area contributed by atoms with Crippen LogP contribution in [0.25, 0.3) is 0 Å². The molecule has 0 saturated heterocycles. The van der Waals surface area contributed by atoms with Gasteiger partial charge in [-0.15, -0.1) is 0 Å². The molecule has 0 spiro atoms. The molecule has 23 heavy (non-hydrogen) atoms. The van der Waals surface area contributed by atoms with Crippen LogP contribution >= 0.6 is 0 Å². The van der Waals surface area contributed by atoms with Crippen molar-refractivity contribution in [3.8, 4) is 0 Å². The minimum atomic E-state index is -0.156. The van der Waals surface area contributed by atoms with E-state index in [0.29, 0.717) is 17.8 Å². The number of hydrogen-bond donors (Lipinski definition) is 0. The lowest BCUT2D eigenvalue weighted by Crippen LogP contribution is -2.12. The van der Waals surface area contributed by atoms with Crippen LogP contribution in [0.4, 0.5) is 4.39 Å². The summed E-state index contributed by atoms with van der Waals surface area (Å²) in [6, 6.07) is 15.9. The van der Waals surface area contributed by atoms with Gasteiger partial charge in [0, 0.05) is 0 Å². The Morgan fingerprint density at radius 1 is 0.870 bits per heavy atom. The highest BCUT2D eigenvalue weighted by Crippen LogP contribution is 2.35. The summed E-state index contributed by atoms with van der Waals surface area (Å²) in [7, 11) is 0. The molecule has 0 heterocycles. The predicted octanol–water partition coefficient (Wildman–Crippen LogP) is 6.71. The van der Waals surface area contributed by atoms with Gasteiger partial charge >= 0.3 is 0 Å². The van der Waals surface area contributed by atoms with E-state index in [2.05, 4.69) is 52.0 Å². The molecule has 0 fully saturated rings. The Balaban J connectivity index is 2.20. The fraction of sp³-hybridized carbons (Fsp3) is 0.455. The first-order valence-corrected chi connectivity index (χ1v) is 8.86.